The van der Waals surface area contributed by atoms with Gasteiger partial charge in [-0.15, -0.1) is 0 Å². The Morgan fingerprint density at radius 2 is 1.70 bits per heavy atom. The summed E-state index contributed by atoms with van der Waals surface area (Å²) in [5.74, 6) is 0. The lowest BCUT2D eigenvalue weighted by Crippen LogP contribution is -2.36. The van der Waals surface area contributed by atoms with Crippen molar-refractivity contribution in [1.29, 1.82) is 0 Å². The monoisotopic (exact) mass is 401 g/mol. The molecule has 0 amide bonds. The van der Waals surface area contributed by atoms with Gasteiger partial charge < -0.3 is 4.42 Å². The van der Waals surface area contributed by atoms with Gasteiger partial charge in [0.15, 0.2) is 6.20 Å². The van der Waals surface area contributed by atoms with Crippen LogP contribution in [0.5, 0.6) is 0 Å². The third-order valence-electron chi connectivity index (χ3n) is 7.21. The van der Waals surface area contributed by atoms with E-state index in [1.165, 1.54) is 22.1 Å². The van der Waals surface area contributed by atoms with Crippen molar-refractivity contribution in [3.8, 4) is 11.3 Å². The summed E-state index contributed by atoms with van der Waals surface area (Å²) in [6, 6.07) is 11.8. The van der Waals surface area contributed by atoms with Gasteiger partial charge >= 0.3 is 0 Å². The Balaban J connectivity index is 2.03. The van der Waals surface area contributed by atoms with E-state index in [0.717, 1.165) is 40.7 Å². The summed E-state index contributed by atoms with van der Waals surface area (Å²) in [4.78, 5) is 0. The van der Waals surface area contributed by atoms with E-state index < -0.39 is 6.85 Å². The fourth-order valence-electron chi connectivity index (χ4n) is 5.60. The number of fused-ring (bicyclic) bond motifs is 5. The first-order valence-corrected chi connectivity index (χ1v) is 10.8. The summed E-state index contributed by atoms with van der Waals surface area (Å²) in [5, 5.41) is 2.31. The number of furan rings is 1. The van der Waals surface area contributed by atoms with Crippen molar-refractivity contribution < 1.29 is 13.1 Å². The topological polar surface area (TPSA) is 17.0 Å². The SMILES string of the molecule is [2H]C([2H])([2H])c1cc[n+](C)c(-c2c(C)c3c(c4c2oc2ccccc24)C(C)(C)CCC3(C)C)c1. The Labute approximate surface area is 183 Å². The van der Waals surface area contributed by atoms with Crippen LogP contribution in [0.2, 0.25) is 0 Å². The van der Waals surface area contributed by atoms with E-state index in [4.69, 9.17) is 8.53 Å². The maximum atomic E-state index is 7.97. The lowest BCUT2D eigenvalue weighted by atomic mass is 9.60. The molecule has 2 nitrogen and oxygen atoms in total. The second-order valence-corrected chi connectivity index (χ2v) is 10.2. The van der Waals surface area contributed by atoms with E-state index in [1.54, 1.807) is 6.07 Å². The molecule has 154 valence electrons. The number of hydrogen-bond donors (Lipinski definition) is 0. The Hall–Kier alpha value is -2.61. The van der Waals surface area contributed by atoms with Crippen molar-refractivity contribution in [1.82, 2.24) is 0 Å². The average molecular weight is 402 g/mol. The van der Waals surface area contributed by atoms with Crippen LogP contribution in [0, 0.1) is 13.8 Å². The number of nitrogens with zero attached hydrogens (tertiary/aromatic N) is 1. The highest BCUT2D eigenvalue weighted by molar-refractivity contribution is 6.12. The number of benzene rings is 2. The summed E-state index contributed by atoms with van der Waals surface area (Å²) in [6.45, 7) is 9.38. The zero-order chi connectivity index (χ0) is 23.9. The summed E-state index contributed by atoms with van der Waals surface area (Å²) in [6.07, 6.45) is 4.07. The molecule has 0 unspecified atom stereocenters. The molecule has 0 fully saturated rings. The van der Waals surface area contributed by atoms with Crippen LogP contribution in [0.15, 0.2) is 47.0 Å². The van der Waals surface area contributed by atoms with Gasteiger partial charge in [-0.25, -0.2) is 4.57 Å². The maximum absolute atomic E-state index is 7.97. The third kappa shape index (κ3) is 2.59. The van der Waals surface area contributed by atoms with Gasteiger partial charge in [-0.1, -0.05) is 45.9 Å². The van der Waals surface area contributed by atoms with Crippen LogP contribution in [0.1, 0.15) is 66.9 Å². The van der Waals surface area contributed by atoms with Crippen LogP contribution >= 0.6 is 0 Å². The molecule has 0 bridgehead atoms. The summed E-state index contributed by atoms with van der Waals surface area (Å²) in [5.41, 5.74) is 7.92. The van der Waals surface area contributed by atoms with E-state index >= 15 is 0 Å². The molecule has 2 aromatic heterocycles. The molecule has 1 aliphatic rings. The highest BCUT2D eigenvalue weighted by Crippen LogP contribution is 2.54. The lowest BCUT2D eigenvalue weighted by Gasteiger charge is -2.43. The molecule has 0 atom stereocenters. The molecular weight excluding hydrogens is 366 g/mol. The second-order valence-electron chi connectivity index (χ2n) is 10.2. The van der Waals surface area contributed by atoms with Gasteiger partial charge in [-0.2, -0.15) is 0 Å². The van der Waals surface area contributed by atoms with Gasteiger partial charge in [0.05, 0.1) is 5.56 Å². The van der Waals surface area contributed by atoms with Crippen LogP contribution < -0.4 is 4.57 Å². The molecule has 2 heterocycles. The third-order valence-corrected chi connectivity index (χ3v) is 7.21. The van der Waals surface area contributed by atoms with Gasteiger partial charge in [0.2, 0.25) is 5.69 Å². The molecule has 30 heavy (non-hydrogen) atoms. The molecule has 0 radical (unpaired) electrons. The summed E-state index contributed by atoms with van der Waals surface area (Å²) < 4.78 is 32.5. The fourth-order valence-corrected chi connectivity index (χ4v) is 5.60. The highest BCUT2D eigenvalue weighted by Gasteiger charge is 2.42. The molecule has 2 aromatic carbocycles. The van der Waals surface area contributed by atoms with E-state index in [0.29, 0.717) is 5.56 Å². The molecule has 4 aromatic rings. The van der Waals surface area contributed by atoms with Crippen molar-refractivity contribution >= 4 is 21.9 Å². The second kappa shape index (κ2) is 6.20. The predicted molar refractivity (Wildman–Crippen MR) is 125 cm³/mol. The zero-order valence-corrected chi connectivity index (χ0v) is 18.8. The number of para-hydroxylation sites is 1. The van der Waals surface area contributed by atoms with E-state index in [9.17, 15) is 0 Å². The minimum atomic E-state index is -2.17. The van der Waals surface area contributed by atoms with Gasteiger partial charge in [0.1, 0.15) is 18.2 Å². The van der Waals surface area contributed by atoms with Crippen molar-refractivity contribution in [3.63, 3.8) is 0 Å². The fraction of sp³-hybridized carbons (Fsp3) is 0.393. The quantitative estimate of drug-likeness (QED) is 0.313. The minimum absolute atomic E-state index is 0.0104. The van der Waals surface area contributed by atoms with E-state index in [2.05, 4.69) is 46.8 Å². The van der Waals surface area contributed by atoms with Crippen molar-refractivity contribution in [2.45, 2.75) is 65.1 Å². The van der Waals surface area contributed by atoms with Crippen molar-refractivity contribution in [2.24, 2.45) is 7.05 Å². The van der Waals surface area contributed by atoms with Gasteiger partial charge in [-0.05, 0) is 65.8 Å². The Morgan fingerprint density at radius 1 is 1.00 bits per heavy atom. The first-order valence-electron chi connectivity index (χ1n) is 12.3. The Bertz CT molecular complexity index is 1420. The van der Waals surface area contributed by atoms with Crippen LogP contribution in [0.25, 0.3) is 33.2 Å². The minimum Gasteiger partial charge on any atom is -0.455 e. The number of hydrogen-bond acceptors (Lipinski definition) is 1. The predicted octanol–water partition coefficient (Wildman–Crippen LogP) is 7.04. The summed E-state index contributed by atoms with van der Waals surface area (Å²) >= 11 is 0. The number of aromatic nitrogens is 1. The Kier molecular flexibility index (Phi) is 3.33. The van der Waals surface area contributed by atoms with E-state index in [-0.39, 0.29) is 10.8 Å². The van der Waals surface area contributed by atoms with Gasteiger partial charge in [0, 0.05) is 27.0 Å². The number of rotatable bonds is 1. The molecular formula is C28H32NO+. The number of aryl methyl sites for hydroxylation is 2. The van der Waals surface area contributed by atoms with Crippen LogP contribution in [-0.2, 0) is 17.9 Å². The Morgan fingerprint density at radius 3 is 2.43 bits per heavy atom. The molecule has 0 saturated heterocycles. The maximum Gasteiger partial charge on any atom is 0.216 e. The molecule has 0 aliphatic heterocycles. The van der Waals surface area contributed by atoms with Gasteiger partial charge in [-0.3, -0.25) is 0 Å². The zero-order valence-electron chi connectivity index (χ0n) is 21.8. The smallest absolute Gasteiger partial charge is 0.216 e. The van der Waals surface area contributed by atoms with Crippen LogP contribution in [-0.4, -0.2) is 0 Å². The number of pyridine rings is 1. The van der Waals surface area contributed by atoms with E-state index in [1.807, 2.05) is 36.0 Å². The average Bonchev–Trinajstić information content (AvgIpc) is 3.09. The van der Waals surface area contributed by atoms with Crippen LogP contribution in [0.3, 0.4) is 0 Å². The van der Waals surface area contributed by atoms with Gasteiger partial charge in [0.25, 0.3) is 0 Å². The van der Waals surface area contributed by atoms with Crippen molar-refractivity contribution in [3.05, 3.63) is 64.8 Å². The molecule has 0 N–H and O–H groups in total. The standard InChI is InChI=1S/C28H32NO/c1-17-12-15-29(7)20(16-17)22-18(2)24-25(28(5,6)14-13-27(24,3)4)23-19-10-8-9-11-21(19)30-26(22)23/h8-12,15-16H,13-14H2,1-7H3/q+1/i1D3. The molecule has 0 spiro atoms. The lowest BCUT2D eigenvalue weighted by molar-refractivity contribution is -0.660. The largest absolute Gasteiger partial charge is 0.455 e. The molecule has 5 rings (SSSR count). The highest BCUT2D eigenvalue weighted by atomic mass is 16.3. The first-order chi connectivity index (χ1) is 15.3. The molecule has 1 aliphatic carbocycles. The van der Waals surface area contributed by atoms with Crippen molar-refractivity contribution in [2.75, 3.05) is 0 Å². The molecule has 0 saturated carbocycles. The molecule has 2 heteroatoms. The normalized spacial score (nSPS) is 19.3. The summed E-state index contributed by atoms with van der Waals surface area (Å²) in [7, 11) is 1.97. The van der Waals surface area contributed by atoms with Crippen LogP contribution in [0.4, 0.5) is 0 Å². The first kappa shape index (κ1) is 16.1.